The number of nitrogens with one attached hydrogen (secondary N) is 1. The van der Waals surface area contributed by atoms with Gasteiger partial charge in [-0.1, -0.05) is 19.9 Å². The van der Waals surface area contributed by atoms with Crippen molar-refractivity contribution in [2.45, 2.75) is 32.8 Å². The van der Waals surface area contributed by atoms with Crippen LogP contribution in [0.3, 0.4) is 0 Å². The molecule has 0 amide bonds. The molecule has 3 heteroatoms. The third-order valence-corrected chi connectivity index (χ3v) is 3.46. The molecule has 17 heavy (non-hydrogen) atoms. The monoisotopic (exact) mass is 229 g/mol. The second kappa shape index (κ2) is 3.36. The van der Waals surface area contributed by atoms with Crippen LogP contribution in [0, 0.1) is 0 Å². The summed E-state index contributed by atoms with van der Waals surface area (Å²) in [6.45, 7) is 6.25. The Kier molecular flexibility index (Phi) is 2.05. The minimum absolute atomic E-state index is 0.153. The summed E-state index contributed by atoms with van der Waals surface area (Å²) in [5.41, 5.74) is 4.03. The number of fused-ring (bicyclic) bond motifs is 3. The summed E-state index contributed by atoms with van der Waals surface area (Å²) in [4.78, 5) is 14.9. The van der Waals surface area contributed by atoms with Crippen molar-refractivity contribution in [3.8, 4) is 0 Å². The van der Waals surface area contributed by atoms with E-state index in [2.05, 4.69) is 18.8 Å². The normalized spacial score (nSPS) is 18.8. The summed E-state index contributed by atoms with van der Waals surface area (Å²) in [5, 5.41) is 1.20. The summed E-state index contributed by atoms with van der Waals surface area (Å²) in [7, 11) is 0. The standard InChI is InChI=1S/C14H15NO2/c1-7(2)11-6-15-13-9(11)4-5-10-12(13)8(3)17-14(10)16/h4-8,15H,1-3H3. The zero-order chi connectivity index (χ0) is 12.2. The van der Waals surface area contributed by atoms with E-state index in [0.29, 0.717) is 11.5 Å². The van der Waals surface area contributed by atoms with Gasteiger partial charge in [-0.3, -0.25) is 0 Å². The number of hydrogen-bond acceptors (Lipinski definition) is 2. The molecule has 1 N–H and O–H groups in total. The molecule has 88 valence electrons. The van der Waals surface area contributed by atoms with E-state index in [9.17, 15) is 4.79 Å². The Hall–Kier alpha value is -1.77. The van der Waals surface area contributed by atoms with Gasteiger partial charge in [0.2, 0.25) is 0 Å². The predicted octanol–water partition coefficient (Wildman–Crippen LogP) is 3.52. The van der Waals surface area contributed by atoms with Gasteiger partial charge in [0.1, 0.15) is 6.10 Å². The van der Waals surface area contributed by atoms with E-state index >= 15 is 0 Å². The summed E-state index contributed by atoms with van der Waals surface area (Å²) < 4.78 is 5.25. The first kappa shape index (κ1) is 10.4. The molecule has 0 radical (unpaired) electrons. The van der Waals surface area contributed by atoms with Gasteiger partial charge in [0, 0.05) is 17.1 Å². The molecule has 1 aromatic heterocycles. The lowest BCUT2D eigenvalue weighted by atomic mass is 9.97. The highest BCUT2D eigenvalue weighted by Crippen LogP contribution is 2.37. The Balaban J connectivity index is 2.34. The maximum atomic E-state index is 11.6. The van der Waals surface area contributed by atoms with E-state index in [1.165, 1.54) is 10.9 Å². The van der Waals surface area contributed by atoms with Crippen molar-refractivity contribution in [2.24, 2.45) is 0 Å². The second-order valence-corrected chi connectivity index (χ2v) is 4.90. The number of cyclic esters (lactones) is 1. The van der Waals surface area contributed by atoms with E-state index in [4.69, 9.17) is 4.74 Å². The zero-order valence-electron chi connectivity index (χ0n) is 10.2. The van der Waals surface area contributed by atoms with Crippen LogP contribution in [0.2, 0.25) is 0 Å². The molecule has 1 aliphatic rings. The van der Waals surface area contributed by atoms with Crippen LogP contribution in [0.1, 0.15) is 54.3 Å². The Morgan fingerprint density at radius 3 is 2.82 bits per heavy atom. The Morgan fingerprint density at radius 2 is 2.12 bits per heavy atom. The Bertz CT molecular complexity index is 610. The molecule has 3 rings (SSSR count). The molecule has 2 aromatic rings. The van der Waals surface area contributed by atoms with E-state index in [0.717, 1.165) is 11.1 Å². The minimum Gasteiger partial charge on any atom is -0.454 e. The molecular weight excluding hydrogens is 214 g/mol. The maximum Gasteiger partial charge on any atom is 0.339 e. The van der Waals surface area contributed by atoms with Crippen LogP contribution in [0.5, 0.6) is 0 Å². The van der Waals surface area contributed by atoms with Crippen LogP contribution in [0.25, 0.3) is 10.9 Å². The number of aromatic nitrogens is 1. The van der Waals surface area contributed by atoms with Gasteiger partial charge in [-0.2, -0.15) is 0 Å². The van der Waals surface area contributed by atoms with Gasteiger partial charge in [-0.15, -0.1) is 0 Å². The van der Waals surface area contributed by atoms with Crippen LogP contribution < -0.4 is 0 Å². The first-order chi connectivity index (χ1) is 8.09. The summed E-state index contributed by atoms with van der Waals surface area (Å²) in [6.07, 6.45) is 1.88. The smallest absolute Gasteiger partial charge is 0.339 e. The quantitative estimate of drug-likeness (QED) is 0.760. The fourth-order valence-electron chi connectivity index (χ4n) is 2.60. The number of esters is 1. The molecule has 0 bridgehead atoms. The van der Waals surface area contributed by atoms with Gasteiger partial charge in [0.05, 0.1) is 11.1 Å². The van der Waals surface area contributed by atoms with Crippen molar-refractivity contribution in [1.29, 1.82) is 0 Å². The molecule has 0 fully saturated rings. The molecular formula is C14H15NO2. The minimum atomic E-state index is -0.213. The molecule has 0 aliphatic carbocycles. The molecule has 2 heterocycles. The predicted molar refractivity (Wildman–Crippen MR) is 66.2 cm³/mol. The van der Waals surface area contributed by atoms with E-state index in [-0.39, 0.29) is 12.1 Å². The van der Waals surface area contributed by atoms with Gasteiger partial charge < -0.3 is 9.72 Å². The number of carbonyl (C=O) groups excluding carboxylic acids is 1. The van der Waals surface area contributed by atoms with Crippen LogP contribution in [0.4, 0.5) is 0 Å². The molecule has 1 unspecified atom stereocenters. The fraction of sp³-hybridized carbons (Fsp3) is 0.357. The number of hydrogen-bond donors (Lipinski definition) is 1. The first-order valence-electron chi connectivity index (χ1n) is 5.94. The Labute approximate surface area is 99.8 Å². The number of benzene rings is 1. The van der Waals surface area contributed by atoms with Crippen molar-refractivity contribution in [2.75, 3.05) is 0 Å². The summed E-state index contributed by atoms with van der Waals surface area (Å²) >= 11 is 0. The number of ether oxygens (including phenoxy) is 1. The number of aromatic amines is 1. The van der Waals surface area contributed by atoms with Crippen molar-refractivity contribution in [1.82, 2.24) is 4.98 Å². The van der Waals surface area contributed by atoms with Crippen LogP contribution in [-0.2, 0) is 4.74 Å². The summed E-state index contributed by atoms with van der Waals surface area (Å²) in [5.74, 6) is 0.255. The highest BCUT2D eigenvalue weighted by Gasteiger charge is 2.30. The molecule has 1 atom stereocenters. The van der Waals surface area contributed by atoms with E-state index in [1.54, 1.807) is 0 Å². The lowest BCUT2D eigenvalue weighted by molar-refractivity contribution is 0.0423. The highest BCUT2D eigenvalue weighted by atomic mass is 16.5. The third-order valence-electron chi connectivity index (χ3n) is 3.46. The van der Waals surface area contributed by atoms with Crippen LogP contribution in [-0.4, -0.2) is 11.0 Å². The van der Waals surface area contributed by atoms with Crippen LogP contribution in [0.15, 0.2) is 18.3 Å². The third kappa shape index (κ3) is 1.32. The molecule has 0 saturated carbocycles. The van der Waals surface area contributed by atoms with Crippen molar-refractivity contribution >= 4 is 16.9 Å². The van der Waals surface area contributed by atoms with Crippen molar-refractivity contribution in [3.63, 3.8) is 0 Å². The van der Waals surface area contributed by atoms with E-state index in [1.807, 2.05) is 25.3 Å². The summed E-state index contributed by atoms with van der Waals surface area (Å²) in [6, 6.07) is 3.89. The zero-order valence-corrected chi connectivity index (χ0v) is 10.2. The van der Waals surface area contributed by atoms with Crippen molar-refractivity contribution < 1.29 is 9.53 Å². The number of carbonyl (C=O) groups is 1. The van der Waals surface area contributed by atoms with Crippen LogP contribution >= 0.6 is 0 Å². The number of H-pyrrole nitrogens is 1. The topological polar surface area (TPSA) is 42.1 Å². The molecule has 1 aliphatic heterocycles. The molecule has 0 spiro atoms. The Morgan fingerprint density at radius 1 is 1.35 bits per heavy atom. The maximum absolute atomic E-state index is 11.6. The average Bonchev–Trinajstić information content (AvgIpc) is 2.80. The first-order valence-corrected chi connectivity index (χ1v) is 5.94. The van der Waals surface area contributed by atoms with Gasteiger partial charge in [-0.05, 0) is 24.5 Å². The van der Waals surface area contributed by atoms with Crippen molar-refractivity contribution in [3.05, 3.63) is 35.0 Å². The molecule has 3 nitrogen and oxygen atoms in total. The number of rotatable bonds is 1. The van der Waals surface area contributed by atoms with Gasteiger partial charge in [-0.25, -0.2) is 4.79 Å². The van der Waals surface area contributed by atoms with Gasteiger partial charge in [0.25, 0.3) is 0 Å². The van der Waals surface area contributed by atoms with Gasteiger partial charge >= 0.3 is 5.97 Å². The molecule has 1 aromatic carbocycles. The lowest BCUT2D eigenvalue weighted by Gasteiger charge is -2.05. The highest BCUT2D eigenvalue weighted by molar-refractivity contribution is 6.01. The second-order valence-electron chi connectivity index (χ2n) is 4.90. The SMILES string of the molecule is CC(C)c1c[nH]c2c3c(ccc12)C(=O)OC3C. The largest absolute Gasteiger partial charge is 0.454 e. The molecule has 0 saturated heterocycles. The van der Waals surface area contributed by atoms with E-state index < -0.39 is 0 Å². The average molecular weight is 229 g/mol. The van der Waals surface area contributed by atoms with Gasteiger partial charge in [0.15, 0.2) is 0 Å². The fourth-order valence-corrected chi connectivity index (χ4v) is 2.60. The lowest BCUT2D eigenvalue weighted by Crippen LogP contribution is -1.93.